The van der Waals surface area contributed by atoms with E-state index in [-0.39, 0.29) is 5.78 Å². The number of carbonyl (C=O) groups is 1. The second kappa shape index (κ2) is 23.9. The van der Waals surface area contributed by atoms with E-state index in [2.05, 4.69) is 67.6 Å². The number of rotatable bonds is 9. The molecule has 0 aliphatic heterocycles. The highest BCUT2D eigenvalue weighted by atomic mass is 16.1. The molecule has 0 aromatic heterocycles. The molecule has 0 saturated carbocycles. The fourth-order valence-corrected chi connectivity index (χ4v) is 2.27. The lowest BCUT2D eigenvalue weighted by Gasteiger charge is -2.05. The Morgan fingerprint density at radius 1 is 0.939 bits per heavy atom. The molecule has 0 unspecified atom stereocenters. The summed E-state index contributed by atoms with van der Waals surface area (Å²) in [6.45, 7) is 27.7. The first-order chi connectivity index (χ1) is 15.8. The van der Waals surface area contributed by atoms with Crippen molar-refractivity contribution in [2.45, 2.75) is 88.5 Å². The molecule has 0 aliphatic rings. The molecule has 0 aliphatic carbocycles. The number of carbonyl (C=O) groups excluding carboxylic acids is 1. The summed E-state index contributed by atoms with van der Waals surface area (Å²) < 4.78 is 0. The normalized spacial score (nSPS) is 11.3. The SMILES string of the molecule is C=CC(Cc1ccc(C(=C)/C=C\C(C)=C/C)cc1)=N/C(C)=C\C.CC.CC.CCCC(C)=O. The predicted molar refractivity (Wildman–Crippen MR) is 153 cm³/mol. The van der Waals surface area contributed by atoms with Gasteiger partial charge in [-0.05, 0) is 63.8 Å². The molecule has 2 heteroatoms. The zero-order valence-electron chi connectivity index (χ0n) is 23.1. The molecule has 0 bridgehead atoms. The van der Waals surface area contributed by atoms with Crippen LogP contribution in [0.15, 0.2) is 84.1 Å². The molecule has 0 radical (unpaired) electrons. The van der Waals surface area contributed by atoms with Crippen molar-refractivity contribution in [1.29, 1.82) is 0 Å². The number of benzene rings is 1. The number of nitrogens with zero attached hydrogens (tertiary/aromatic N) is 1. The first-order valence-corrected chi connectivity index (χ1v) is 12.2. The molecule has 2 nitrogen and oxygen atoms in total. The van der Waals surface area contributed by atoms with Gasteiger partial charge in [0.25, 0.3) is 0 Å². The second-order valence-electron chi connectivity index (χ2n) is 6.95. The van der Waals surface area contributed by atoms with Gasteiger partial charge in [-0.25, -0.2) is 0 Å². The minimum Gasteiger partial charge on any atom is -0.300 e. The van der Waals surface area contributed by atoms with Crippen molar-refractivity contribution < 1.29 is 4.79 Å². The second-order valence-corrected chi connectivity index (χ2v) is 6.95. The van der Waals surface area contributed by atoms with Crippen molar-refractivity contribution >= 4 is 17.1 Å². The molecule has 0 heterocycles. The summed E-state index contributed by atoms with van der Waals surface area (Å²) in [6, 6.07) is 8.47. The fourth-order valence-electron chi connectivity index (χ4n) is 2.27. The zero-order valence-corrected chi connectivity index (χ0v) is 23.1. The summed E-state index contributed by atoms with van der Waals surface area (Å²) in [5.41, 5.74) is 6.59. The van der Waals surface area contributed by atoms with Crippen LogP contribution in [0.5, 0.6) is 0 Å². The van der Waals surface area contributed by atoms with Crippen LogP contribution in [0.25, 0.3) is 5.57 Å². The summed E-state index contributed by atoms with van der Waals surface area (Å²) >= 11 is 0. The van der Waals surface area contributed by atoms with Gasteiger partial charge in [-0.15, -0.1) is 0 Å². The van der Waals surface area contributed by atoms with E-state index in [4.69, 9.17) is 0 Å². The number of hydrogen-bond donors (Lipinski definition) is 0. The number of aliphatic imine (C=N–C) groups is 1. The Labute approximate surface area is 205 Å². The molecule has 33 heavy (non-hydrogen) atoms. The Balaban J connectivity index is -0.000000765. The monoisotopic (exact) mass is 451 g/mol. The van der Waals surface area contributed by atoms with Gasteiger partial charge in [-0.1, -0.05) is 102 Å². The third-order valence-electron chi connectivity index (χ3n) is 4.29. The van der Waals surface area contributed by atoms with E-state index in [1.165, 1.54) is 11.1 Å². The lowest BCUT2D eigenvalue weighted by atomic mass is 10.0. The van der Waals surface area contributed by atoms with Crippen molar-refractivity contribution in [3.8, 4) is 0 Å². The average molecular weight is 452 g/mol. The quantitative estimate of drug-likeness (QED) is 0.271. The number of hydrogen-bond acceptors (Lipinski definition) is 2. The highest BCUT2D eigenvalue weighted by Crippen LogP contribution is 2.16. The molecular formula is C31H49NO. The van der Waals surface area contributed by atoms with Crippen LogP contribution in [0.3, 0.4) is 0 Å². The van der Waals surface area contributed by atoms with E-state index in [0.717, 1.165) is 41.8 Å². The van der Waals surface area contributed by atoms with Gasteiger partial charge < -0.3 is 4.79 Å². The van der Waals surface area contributed by atoms with Crippen LogP contribution in [0.1, 0.15) is 93.2 Å². The van der Waals surface area contributed by atoms with Crippen molar-refractivity contribution in [2.24, 2.45) is 4.99 Å². The van der Waals surface area contributed by atoms with E-state index in [1.807, 2.05) is 67.5 Å². The summed E-state index contributed by atoms with van der Waals surface area (Å²) in [5.74, 6) is 0.289. The number of ketones is 1. The van der Waals surface area contributed by atoms with Crippen LogP contribution < -0.4 is 0 Å². The smallest absolute Gasteiger partial charge is 0.129 e. The van der Waals surface area contributed by atoms with Gasteiger partial charge in [0.05, 0.1) is 0 Å². The molecule has 0 fully saturated rings. The van der Waals surface area contributed by atoms with Crippen LogP contribution >= 0.6 is 0 Å². The Morgan fingerprint density at radius 2 is 1.48 bits per heavy atom. The molecule has 0 spiro atoms. The highest BCUT2D eigenvalue weighted by molar-refractivity contribution is 5.96. The Bertz CT molecular complexity index is 787. The van der Waals surface area contributed by atoms with Gasteiger partial charge in [-0.3, -0.25) is 4.99 Å². The maximum atomic E-state index is 10.0. The van der Waals surface area contributed by atoms with Gasteiger partial charge in [0, 0.05) is 24.3 Å². The third-order valence-corrected chi connectivity index (χ3v) is 4.29. The van der Waals surface area contributed by atoms with Crippen LogP contribution in [-0.2, 0) is 11.2 Å². The standard InChI is InChI=1S/C22H27N.C5H10O.2C2H6/c1-7-17(4)10-11-18(5)21-14-12-20(13-15-21)16-22(9-3)23-19(6)8-2;1-3-4-5(2)6;2*1-2/h7-15H,3,5,16H2,1-2,4,6H3;3-4H2,1-2H3;2*1-2H3/b11-10-,17-7-,19-8-,23-22?;;;. The van der Waals surface area contributed by atoms with Gasteiger partial charge in [-0.2, -0.15) is 0 Å². The van der Waals surface area contributed by atoms with Crippen LogP contribution in [0.4, 0.5) is 0 Å². The molecule has 1 aromatic carbocycles. The van der Waals surface area contributed by atoms with Gasteiger partial charge >= 0.3 is 0 Å². The first kappa shape index (κ1) is 34.9. The minimum atomic E-state index is 0.289. The molecule has 1 rings (SSSR count). The van der Waals surface area contributed by atoms with Crippen molar-refractivity contribution in [1.82, 2.24) is 0 Å². The maximum absolute atomic E-state index is 10.0. The summed E-state index contributed by atoms with van der Waals surface area (Å²) in [4.78, 5) is 14.6. The van der Waals surface area contributed by atoms with Crippen molar-refractivity contribution in [2.75, 3.05) is 0 Å². The fraction of sp³-hybridized carbons (Fsp3) is 0.419. The molecule has 0 N–H and O–H groups in total. The largest absolute Gasteiger partial charge is 0.300 e. The van der Waals surface area contributed by atoms with Crippen molar-refractivity contribution in [3.05, 3.63) is 90.2 Å². The minimum absolute atomic E-state index is 0.289. The van der Waals surface area contributed by atoms with E-state index >= 15 is 0 Å². The maximum Gasteiger partial charge on any atom is 0.129 e. The lowest BCUT2D eigenvalue weighted by molar-refractivity contribution is -0.117. The van der Waals surface area contributed by atoms with Crippen LogP contribution in [0, 0.1) is 0 Å². The summed E-state index contributed by atoms with van der Waals surface area (Å²) in [7, 11) is 0. The molecular weight excluding hydrogens is 402 g/mol. The topological polar surface area (TPSA) is 29.4 Å². The molecule has 0 amide bonds. The van der Waals surface area contributed by atoms with E-state index in [0.29, 0.717) is 0 Å². The van der Waals surface area contributed by atoms with E-state index in [1.54, 1.807) is 6.92 Å². The number of Topliss-reactive ketones (excluding diaryl/α,β-unsaturated/α-hetero) is 1. The molecule has 1 aromatic rings. The third kappa shape index (κ3) is 19.7. The van der Waals surface area contributed by atoms with E-state index < -0.39 is 0 Å². The van der Waals surface area contributed by atoms with E-state index in [9.17, 15) is 4.79 Å². The van der Waals surface area contributed by atoms with Gasteiger partial charge in [0.2, 0.25) is 0 Å². The highest BCUT2D eigenvalue weighted by Gasteiger charge is 2.00. The summed E-state index contributed by atoms with van der Waals surface area (Å²) in [5, 5.41) is 0. The summed E-state index contributed by atoms with van der Waals surface area (Å²) in [6.07, 6.45) is 12.5. The average Bonchev–Trinajstić information content (AvgIpc) is 2.84. The zero-order chi connectivity index (χ0) is 26.2. The van der Waals surface area contributed by atoms with Crippen molar-refractivity contribution in [3.63, 3.8) is 0 Å². The molecule has 184 valence electrons. The van der Waals surface area contributed by atoms with Crippen LogP contribution in [0.2, 0.25) is 0 Å². The predicted octanol–water partition coefficient (Wildman–Crippen LogP) is 9.74. The first-order valence-electron chi connectivity index (χ1n) is 12.2. The Kier molecular flexibility index (Phi) is 25.3. The Hall–Kier alpha value is -2.74. The van der Waals surface area contributed by atoms with Gasteiger partial charge in [0.15, 0.2) is 0 Å². The Morgan fingerprint density at radius 3 is 1.85 bits per heavy atom. The van der Waals surface area contributed by atoms with Gasteiger partial charge in [0.1, 0.15) is 5.78 Å². The molecule has 0 saturated heterocycles. The van der Waals surface area contributed by atoms with Crippen LogP contribution in [-0.4, -0.2) is 11.5 Å². The molecule has 0 atom stereocenters. The lowest BCUT2D eigenvalue weighted by Crippen LogP contribution is -1.99. The number of allylic oxidation sites excluding steroid dienone is 8.